The molecule has 0 unspecified atom stereocenters. The predicted octanol–water partition coefficient (Wildman–Crippen LogP) is 3.82. The quantitative estimate of drug-likeness (QED) is 0.650. The summed E-state index contributed by atoms with van der Waals surface area (Å²) >= 11 is 1.91. The molecule has 7 heteroatoms. The molecular weight excluding hydrogens is 412 g/mol. The van der Waals surface area contributed by atoms with Crippen LogP contribution in [0.5, 0.6) is 0 Å². The van der Waals surface area contributed by atoms with Crippen molar-refractivity contribution in [2.45, 2.75) is 6.92 Å². The van der Waals surface area contributed by atoms with E-state index in [0.717, 1.165) is 0 Å². The summed E-state index contributed by atoms with van der Waals surface area (Å²) in [5, 5.41) is 8.01. The van der Waals surface area contributed by atoms with Gasteiger partial charge in [0.15, 0.2) is 0 Å². The van der Waals surface area contributed by atoms with Crippen molar-refractivity contribution in [2.75, 3.05) is 17.2 Å². The maximum atomic E-state index is 13.1. The van der Waals surface area contributed by atoms with Crippen molar-refractivity contribution in [1.29, 1.82) is 0 Å². The van der Waals surface area contributed by atoms with Crippen molar-refractivity contribution >= 4 is 45.9 Å². The summed E-state index contributed by atoms with van der Waals surface area (Å²) in [6, 6.07) is 10.4. The molecule has 0 fully saturated rings. The van der Waals surface area contributed by atoms with Gasteiger partial charge in [-0.25, -0.2) is 9.18 Å². The molecule has 120 valence electrons. The number of rotatable bonds is 4. The van der Waals surface area contributed by atoms with Crippen molar-refractivity contribution in [3.05, 3.63) is 57.4 Å². The molecule has 0 bridgehead atoms. The highest BCUT2D eigenvalue weighted by atomic mass is 127. The molecule has 0 aliphatic carbocycles. The normalized spacial score (nSPS) is 10.0. The van der Waals surface area contributed by atoms with Gasteiger partial charge in [-0.15, -0.1) is 0 Å². The highest BCUT2D eigenvalue weighted by molar-refractivity contribution is 14.1. The van der Waals surface area contributed by atoms with E-state index in [1.54, 1.807) is 24.3 Å². The lowest BCUT2D eigenvalue weighted by Gasteiger charge is -2.10. The molecule has 3 amide bonds. The Morgan fingerprint density at radius 3 is 2.43 bits per heavy atom. The molecule has 0 radical (unpaired) electrons. The molecule has 0 saturated carbocycles. The fraction of sp³-hybridized carbons (Fsp3) is 0.125. The van der Waals surface area contributed by atoms with Gasteiger partial charge in [-0.1, -0.05) is 6.07 Å². The molecule has 0 aliphatic heterocycles. The van der Waals surface area contributed by atoms with Crippen LogP contribution in [0.2, 0.25) is 0 Å². The third kappa shape index (κ3) is 4.92. The standard InChI is InChI=1S/C16H15FIN3O2/c1-2-19-16(23)21-12-5-3-4-11(9-12)20-15(22)13-7-6-10(17)8-14(13)18/h3-9H,2H2,1H3,(H,20,22)(H2,19,21,23). The Hall–Kier alpha value is -2.16. The van der Waals surface area contributed by atoms with Crippen LogP contribution in [0.3, 0.4) is 0 Å². The topological polar surface area (TPSA) is 70.2 Å². The molecule has 3 N–H and O–H groups in total. The molecule has 0 atom stereocenters. The van der Waals surface area contributed by atoms with Crippen molar-refractivity contribution in [1.82, 2.24) is 5.32 Å². The number of urea groups is 1. The molecule has 2 aromatic rings. The third-order valence-electron chi connectivity index (χ3n) is 2.89. The Labute approximate surface area is 146 Å². The summed E-state index contributed by atoms with van der Waals surface area (Å²) in [6.07, 6.45) is 0. The highest BCUT2D eigenvalue weighted by Gasteiger charge is 2.11. The Balaban J connectivity index is 2.10. The van der Waals surface area contributed by atoms with Crippen LogP contribution in [0.25, 0.3) is 0 Å². The van der Waals surface area contributed by atoms with E-state index in [4.69, 9.17) is 0 Å². The van der Waals surface area contributed by atoms with E-state index in [2.05, 4.69) is 16.0 Å². The monoisotopic (exact) mass is 427 g/mol. The molecule has 0 heterocycles. The number of amides is 3. The van der Waals surface area contributed by atoms with Crippen LogP contribution < -0.4 is 16.0 Å². The largest absolute Gasteiger partial charge is 0.338 e. The van der Waals surface area contributed by atoms with Gasteiger partial charge in [0.2, 0.25) is 0 Å². The first-order valence-electron chi connectivity index (χ1n) is 6.91. The van der Waals surface area contributed by atoms with Gasteiger partial charge >= 0.3 is 6.03 Å². The van der Waals surface area contributed by atoms with Crippen LogP contribution in [0.4, 0.5) is 20.6 Å². The maximum Gasteiger partial charge on any atom is 0.319 e. The Kier molecular flexibility index (Phi) is 5.91. The highest BCUT2D eigenvalue weighted by Crippen LogP contribution is 2.18. The van der Waals surface area contributed by atoms with E-state index >= 15 is 0 Å². The zero-order chi connectivity index (χ0) is 16.8. The van der Waals surface area contributed by atoms with Crippen LogP contribution >= 0.6 is 22.6 Å². The van der Waals surface area contributed by atoms with Crippen LogP contribution in [-0.2, 0) is 0 Å². The second-order valence-electron chi connectivity index (χ2n) is 4.64. The van der Waals surface area contributed by atoms with Crippen LogP contribution in [0.1, 0.15) is 17.3 Å². The Morgan fingerprint density at radius 2 is 1.78 bits per heavy atom. The smallest absolute Gasteiger partial charge is 0.319 e. The summed E-state index contributed by atoms with van der Waals surface area (Å²) in [4.78, 5) is 23.7. The SMILES string of the molecule is CCNC(=O)Nc1cccc(NC(=O)c2ccc(F)cc2I)c1. The lowest BCUT2D eigenvalue weighted by molar-refractivity contribution is 0.102. The molecule has 23 heavy (non-hydrogen) atoms. The number of nitrogens with one attached hydrogen (secondary N) is 3. The molecule has 5 nitrogen and oxygen atoms in total. The Bertz CT molecular complexity index is 737. The third-order valence-corrected chi connectivity index (χ3v) is 3.78. The number of hydrogen-bond donors (Lipinski definition) is 3. The average Bonchev–Trinajstić information content (AvgIpc) is 2.47. The molecule has 2 rings (SSSR count). The second-order valence-corrected chi connectivity index (χ2v) is 5.81. The first-order valence-corrected chi connectivity index (χ1v) is 7.99. The minimum Gasteiger partial charge on any atom is -0.338 e. The van der Waals surface area contributed by atoms with E-state index in [1.165, 1.54) is 18.2 Å². The zero-order valence-corrected chi connectivity index (χ0v) is 14.5. The average molecular weight is 427 g/mol. The summed E-state index contributed by atoms with van der Waals surface area (Å²) in [5.74, 6) is -0.733. The number of carbonyl (C=O) groups is 2. The lowest BCUT2D eigenvalue weighted by Crippen LogP contribution is -2.28. The van der Waals surface area contributed by atoms with Crippen LogP contribution in [0.15, 0.2) is 42.5 Å². The second kappa shape index (κ2) is 7.91. The van der Waals surface area contributed by atoms with Gasteiger partial charge in [0.1, 0.15) is 5.82 Å². The van der Waals surface area contributed by atoms with Crippen LogP contribution in [-0.4, -0.2) is 18.5 Å². The molecule has 0 spiro atoms. The van der Waals surface area contributed by atoms with Gasteiger partial charge in [0, 0.05) is 21.5 Å². The van der Waals surface area contributed by atoms with Crippen molar-refractivity contribution in [3.63, 3.8) is 0 Å². The molecular formula is C16H15FIN3O2. The van der Waals surface area contributed by atoms with Gasteiger partial charge in [-0.2, -0.15) is 0 Å². The molecule has 0 saturated heterocycles. The summed E-state index contributed by atoms with van der Waals surface area (Å²) < 4.78 is 13.6. The predicted molar refractivity (Wildman–Crippen MR) is 96.2 cm³/mol. The van der Waals surface area contributed by atoms with Gasteiger partial charge in [0.25, 0.3) is 5.91 Å². The van der Waals surface area contributed by atoms with E-state index < -0.39 is 0 Å². The lowest BCUT2D eigenvalue weighted by atomic mass is 10.2. The summed E-state index contributed by atoms with van der Waals surface area (Å²) in [6.45, 7) is 2.34. The minimum absolute atomic E-state index is 0.316. The number of hydrogen-bond acceptors (Lipinski definition) is 2. The summed E-state index contributed by atoms with van der Waals surface area (Å²) in [5.41, 5.74) is 1.47. The van der Waals surface area contributed by atoms with E-state index in [0.29, 0.717) is 27.1 Å². The number of halogens is 2. The minimum atomic E-state index is -0.390. The fourth-order valence-corrected chi connectivity index (χ4v) is 2.60. The first kappa shape index (κ1) is 17.2. The molecule has 0 aromatic heterocycles. The van der Waals surface area contributed by atoms with E-state index in [9.17, 15) is 14.0 Å². The zero-order valence-electron chi connectivity index (χ0n) is 12.3. The Morgan fingerprint density at radius 1 is 1.09 bits per heavy atom. The van der Waals surface area contributed by atoms with Crippen molar-refractivity contribution in [2.24, 2.45) is 0 Å². The van der Waals surface area contributed by atoms with Crippen molar-refractivity contribution in [3.8, 4) is 0 Å². The number of carbonyl (C=O) groups excluding carboxylic acids is 2. The van der Waals surface area contributed by atoms with E-state index in [1.807, 2.05) is 29.5 Å². The summed E-state index contributed by atoms with van der Waals surface area (Å²) in [7, 11) is 0. The fourth-order valence-electron chi connectivity index (χ4n) is 1.88. The maximum absolute atomic E-state index is 13.1. The molecule has 2 aromatic carbocycles. The first-order chi connectivity index (χ1) is 11.0. The van der Waals surface area contributed by atoms with Gasteiger partial charge in [-0.3, -0.25) is 4.79 Å². The number of anilines is 2. The van der Waals surface area contributed by atoms with Gasteiger partial charge < -0.3 is 16.0 Å². The van der Waals surface area contributed by atoms with Crippen LogP contribution in [0, 0.1) is 9.39 Å². The van der Waals surface area contributed by atoms with Crippen molar-refractivity contribution < 1.29 is 14.0 Å². The molecule has 0 aliphatic rings. The number of benzene rings is 2. The van der Waals surface area contributed by atoms with Gasteiger partial charge in [-0.05, 0) is 65.9 Å². The van der Waals surface area contributed by atoms with E-state index in [-0.39, 0.29) is 17.8 Å². The van der Waals surface area contributed by atoms with Gasteiger partial charge in [0.05, 0.1) is 5.56 Å².